The number of nitrogens with one attached hydrogen (secondary N) is 2. The summed E-state index contributed by atoms with van der Waals surface area (Å²) in [6, 6.07) is 4.53. The molecule has 1 aromatic carbocycles. The number of allylic oxidation sites excluding steroid dienone is 2. The highest BCUT2D eigenvalue weighted by Gasteiger charge is 2.44. The summed E-state index contributed by atoms with van der Waals surface area (Å²) in [7, 11) is -3.43. The highest BCUT2D eigenvalue weighted by molar-refractivity contribution is 14.1. The van der Waals surface area contributed by atoms with E-state index in [-0.39, 0.29) is 28.8 Å². The predicted molar refractivity (Wildman–Crippen MR) is 95.3 cm³/mol. The van der Waals surface area contributed by atoms with E-state index in [2.05, 4.69) is 10.6 Å². The van der Waals surface area contributed by atoms with Gasteiger partial charge in [-0.3, -0.25) is 4.79 Å². The molecule has 24 heavy (non-hydrogen) atoms. The van der Waals surface area contributed by atoms with Gasteiger partial charge in [-0.1, -0.05) is 6.07 Å². The third kappa shape index (κ3) is 2.42. The normalized spacial score (nSPS) is 25.4. The molecule has 3 heterocycles. The molecule has 0 saturated carbocycles. The first-order valence-electron chi connectivity index (χ1n) is 7.53. The van der Waals surface area contributed by atoms with Gasteiger partial charge in [-0.25, -0.2) is 12.8 Å². The second-order valence-corrected chi connectivity index (χ2v) is 9.30. The van der Waals surface area contributed by atoms with Gasteiger partial charge in [0.1, 0.15) is 5.82 Å². The van der Waals surface area contributed by atoms with E-state index in [1.54, 1.807) is 12.1 Å². The van der Waals surface area contributed by atoms with Crippen molar-refractivity contribution in [3.05, 3.63) is 55.0 Å². The maximum absolute atomic E-state index is 13.7. The van der Waals surface area contributed by atoms with Crippen molar-refractivity contribution in [2.75, 3.05) is 18.8 Å². The number of Topliss-reactive ketones (excluding diaryl/α,β-unsaturated/α-hetero) is 1. The Morgan fingerprint density at radius 1 is 1.21 bits per heavy atom. The SMILES string of the molecule is O=C1CNCC2=C1[C@@H](c1ccc(F)c([125I])c1)C1=C(CCS1(=O)=O)N2. The first kappa shape index (κ1) is 16.2. The molecule has 0 aliphatic carbocycles. The Hall–Kier alpha value is -1.26. The Kier molecular flexibility index (Phi) is 3.81. The molecule has 0 saturated heterocycles. The summed E-state index contributed by atoms with van der Waals surface area (Å²) in [6.45, 7) is 0.671. The Morgan fingerprint density at radius 3 is 2.75 bits per heavy atom. The first-order chi connectivity index (χ1) is 11.4. The van der Waals surface area contributed by atoms with E-state index in [1.807, 2.05) is 22.6 Å². The fraction of sp³-hybridized carbons (Fsp3) is 0.312. The quantitative estimate of drug-likeness (QED) is 0.626. The van der Waals surface area contributed by atoms with Crippen LogP contribution >= 0.6 is 22.6 Å². The summed E-state index contributed by atoms with van der Waals surface area (Å²) < 4.78 is 39.2. The summed E-state index contributed by atoms with van der Waals surface area (Å²) in [5.74, 6) is -1.08. The zero-order valence-electron chi connectivity index (χ0n) is 12.5. The second-order valence-electron chi connectivity index (χ2n) is 6.06. The van der Waals surface area contributed by atoms with Gasteiger partial charge in [-0.15, -0.1) is 0 Å². The molecule has 1 atom stereocenters. The van der Waals surface area contributed by atoms with E-state index >= 15 is 0 Å². The third-order valence-electron chi connectivity index (χ3n) is 4.60. The molecular formula is C16H14FIN2O3S. The molecule has 0 radical (unpaired) electrons. The molecule has 2 N–H and O–H groups in total. The van der Waals surface area contributed by atoms with Crippen LogP contribution in [0.4, 0.5) is 4.39 Å². The van der Waals surface area contributed by atoms with Crippen LogP contribution in [-0.4, -0.2) is 33.0 Å². The Bertz CT molecular complexity index is 937. The molecule has 4 rings (SSSR count). The minimum atomic E-state index is -3.43. The molecule has 8 heteroatoms. The number of halogens is 2. The van der Waals surface area contributed by atoms with Gasteiger partial charge in [0.2, 0.25) is 0 Å². The molecule has 0 unspecified atom stereocenters. The predicted octanol–water partition coefficient (Wildman–Crippen LogP) is 1.57. The summed E-state index contributed by atoms with van der Waals surface area (Å²) in [5, 5.41) is 6.17. The van der Waals surface area contributed by atoms with Crippen molar-refractivity contribution >= 4 is 38.2 Å². The minimum Gasteiger partial charge on any atom is -0.360 e. The van der Waals surface area contributed by atoms with Crippen molar-refractivity contribution < 1.29 is 17.6 Å². The summed E-state index contributed by atoms with van der Waals surface area (Å²) in [4.78, 5) is 12.8. The van der Waals surface area contributed by atoms with Gasteiger partial charge in [0.25, 0.3) is 0 Å². The third-order valence-corrected chi connectivity index (χ3v) is 7.32. The largest absolute Gasteiger partial charge is 0.360 e. The lowest BCUT2D eigenvalue weighted by atomic mass is 9.82. The highest BCUT2D eigenvalue weighted by Crippen LogP contribution is 2.45. The zero-order chi connectivity index (χ0) is 17.1. The van der Waals surface area contributed by atoms with Crippen molar-refractivity contribution in [2.24, 2.45) is 0 Å². The molecule has 1 aromatic rings. The molecule has 0 aromatic heterocycles. The van der Waals surface area contributed by atoms with E-state index < -0.39 is 15.8 Å². The van der Waals surface area contributed by atoms with Crippen molar-refractivity contribution in [1.29, 1.82) is 0 Å². The van der Waals surface area contributed by atoms with Gasteiger partial charge < -0.3 is 10.6 Å². The number of benzene rings is 1. The number of sulfone groups is 1. The van der Waals surface area contributed by atoms with Crippen LogP contribution < -0.4 is 10.6 Å². The summed E-state index contributed by atoms with van der Waals surface area (Å²) in [5.41, 5.74) is 2.52. The number of dihydropyridines is 1. The van der Waals surface area contributed by atoms with E-state index in [4.69, 9.17) is 0 Å². The van der Waals surface area contributed by atoms with Gasteiger partial charge in [-0.2, -0.15) is 0 Å². The van der Waals surface area contributed by atoms with Crippen molar-refractivity contribution in [2.45, 2.75) is 12.3 Å². The van der Waals surface area contributed by atoms with Crippen LogP contribution in [-0.2, 0) is 14.6 Å². The van der Waals surface area contributed by atoms with Crippen molar-refractivity contribution in [3.8, 4) is 0 Å². The number of carbonyl (C=O) groups is 1. The molecule has 0 spiro atoms. The van der Waals surface area contributed by atoms with Crippen LogP contribution in [0.1, 0.15) is 17.9 Å². The average Bonchev–Trinajstić information content (AvgIpc) is 2.84. The molecule has 0 fully saturated rings. The number of carbonyl (C=O) groups excluding carboxylic acids is 1. The topological polar surface area (TPSA) is 75.3 Å². The fourth-order valence-electron chi connectivity index (χ4n) is 3.56. The van der Waals surface area contributed by atoms with Crippen LogP contribution in [0, 0.1) is 9.39 Å². The standard InChI is InChI=1S/C16H14FIN2O3S/c17-9-2-1-8(5-10(9)18)14-15-12(6-19-7-13(15)21)20-11-3-4-24(22,23)16(11)14/h1-2,5,14,19-20H,3-4,6-7H2/t14-/m1/s1/i18-2. The number of hydrogen-bond donors (Lipinski definition) is 2. The van der Waals surface area contributed by atoms with Gasteiger partial charge >= 0.3 is 0 Å². The van der Waals surface area contributed by atoms with Crippen LogP contribution in [0.2, 0.25) is 0 Å². The van der Waals surface area contributed by atoms with E-state index in [0.29, 0.717) is 33.4 Å². The molecule has 5 nitrogen and oxygen atoms in total. The number of rotatable bonds is 1. The molecule has 3 aliphatic heterocycles. The van der Waals surface area contributed by atoms with Crippen LogP contribution in [0.3, 0.4) is 0 Å². The monoisotopic (exact) mass is 458 g/mol. The highest BCUT2D eigenvalue weighted by atomic mass is 125. The van der Waals surface area contributed by atoms with E-state index in [9.17, 15) is 17.6 Å². The molecule has 0 bridgehead atoms. The Balaban J connectivity index is 1.96. The molecule has 0 amide bonds. The lowest BCUT2D eigenvalue weighted by Gasteiger charge is -2.33. The van der Waals surface area contributed by atoms with Crippen molar-refractivity contribution in [3.63, 3.8) is 0 Å². The van der Waals surface area contributed by atoms with Crippen molar-refractivity contribution in [1.82, 2.24) is 10.6 Å². The summed E-state index contributed by atoms with van der Waals surface area (Å²) >= 11 is 1.88. The first-order valence-corrected chi connectivity index (χ1v) is 10.3. The lowest BCUT2D eigenvalue weighted by Crippen LogP contribution is -2.42. The van der Waals surface area contributed by atoms with E-state index in [1.165, 1.54) is 6.07 Å². The Labute approximate surface area is 152 Å². The second kappa shape index (κ2) is 5.63. The fourth-order valence-corrected chi connectivity index (χ4v) is 5.94. The average molecular weight is 458 g/mol. The maximum Gasteiger partial charge on any atom is 0.177 e. The molecule has 3 aliphatic rings. The van der Waals surface area contributed by atoms with Crippen LogP contribution in [0.25, 0.3) is 0 Å². The van der Waals surface area contributed by atoms with Gasteiger partial charge in [-0.05, 0) is 40.3 Å². The number of hydrogen-bond acceptors (Lipinski definition) is 5. The maximum atomic E-state index is 13.7. The Morgan fingerprint density at radius 2 is 2.00 bits per heavy atom. The van der Waals surface area contributed by atoms with Gasteiger partial charge in [0.15, 0.2) is 15.6 Å². The molecular weight excluding hydrogens is 444 g/mol. The van der Waals surface area contributed by atoms with Gasteiger partial charge in [0, 0.05) is 33.5 Å². The molecule has 126 valence electrons. The zero-order valence-corrected chi connectivity index (χ0v) is 15.5. The summed E-state index contributed by atoms with van der Waals surface area (Å²) in [6.07, 6.45) is 0.414. The van der Waals surface area contributed by atoms with E-state index in [0.717, 1.165) is 5.70 Å². The minimum absolute atomic E-state index is 0.0433. The van der Waals surface area contributed by atoms with Crippen LogP contribution in [0.15, 0.2) is 40.1 Å². The number of ketones is 1. The lowest BCUT2D eigenvalue weighted by molar-refractivity contribution is -0.115. The smallest absolute Gasteiger partial charge is 0.177 e. The van der Waals surface area contributed by atoms with Gasteiger partial charge in [0.05, 0.1) is 23.1 Å². The van der Waals surface area contributed by atoms with Crippen LogP contribution in [0.5, 0.6) is 0 Å².